The zero-order chi connectivity index (χ0) is 10.7. The van der Waals surface area contributed by atoms with Crippen molar-refractivity contribution in [3.8, 4) is 0 Å². The van der Waals surface area contributed by atoms with Crippen molar-refractivity contribution in [1.82, 2.24) is 4.90 Å². The predicted octanol–water partition coefficient (Wildman–Crippen LogP) is 2.79. The molecule has 0 aliphatic carbocycles. The summed E-state index contributed by atoms with van der Waals surface area (Å²) in [6.07, 6.45) is 3.50. The van der Waals surface area contributed by atoms with Crippen molar-refractivity contribution in [2.45, 2.75) is 25.8 Å². The number of hydrogen-bond donors (Lipinski definition) is 0. The van der Waals surface area contributed by atoms with E-state index < -0.39 is 11.6 Å². The first kappa shape index (κ1) is 10.6. The fourth-order valence-corrected chi connectivity index (χ4v) is 2.02. The van der Waals surface area contributed by atoms with Gasteiger partial charge in [-0.3, -0.25) is 0 Å². The summed E-state index contributed by atoms with van der Waals surface area (Å²) in [5, 5.41) is 0. The minimum absolute atomic E-state index is 0.208. The van der Waals surface area contributed by atoms with Gasteiger partial charge in [0.15, 0.2) is 6.54 Å². The normalized spacial score (nSPS) is 18.0. The summed E-state index contributed by atoms with van der Waals surface area (Å²) in [6.45, 7) is 2.31. The van der Waals surface area contributed by atoms with Gasteiger partial charge in [0, 0.05) is 12.8 Å². The number of hydrogen-bond acceptors (Lipinski definition) is 1. The first-order chi connectivity index (χ1) is 7.27. The van der Waals surface area contributed by atoms with Crippen molar-refractivity contribution in [2.24, 2.45) is 0 Å². The van der Waals surface area contributed by atoms with Crippen LogP contribution in [0.25, 0.3) is 0 Å². The molecule has 1 aromatic rings. The molecule has 3 heteroatoms. The lowest BCUT2D eigenvalue weighted by Gasteiger charge is -2.17. The lowest BCUT2D eigenvalue weighted by Crippen LogP contribution is -2.35. The molecule has 0 atom stereocenters. The summed E-state index contributed by atoms with van der Waals surface area (Å²) in [5.74, 6) is -0.860. The van der Waals surface area contributed by atoms with Gasteiger partial charge in [0.1, 0.15) is 24.7 Å². The van der Waals surface area contributed by atoms with E-state index in [0.717, 1.165) is 25.9 Å². The Bertz CT molecular complexity index is 312. The van der Waals surface area contributed by atoms with Crippen LogP contribution in [0.3, 0.4) is 0 Å². The highest BCUT2D eigenvalue weighted by Gasteiger charge is 2.22. The van der Waals surface area contributed by atoms with E-state index in [0.29, 0.717) is 6.54 Å². The third-order valence-corrected chi connectivity index (χ3v) is 2.89. The number of halogens is 2. The molecule has 0 unspecified atom stereocenters. The zero-order valence-electron chi connectivity index (χ0n) is 8.68. The van der Waals surface area contributed by atoms with E-state index >= 15 is 0 Å². The molecule has 1 heterocycles. The quantitative estimate of drug-likeness (QED) is 0.663. The molecule has 1 fully saturated rings. The van der Waals surface area contributed by atoms with Gasteiger partial charge in [0.25, 0.3) is 0 Å². The smallest absolute Gasteiger partial charge is 0.153 e. The van der Waals surface area contributed by atoms with Gasteiger partial charge < -0.3 is 0 Å². The third kappa shape index (κ3) is 2.53. The van der Waals surface area contributed by atoms with Gasteiger partial charge in [-0.2, -0.15) is 4.90 Å². The van der Waals surface area contributed by atoms with Crippen LogP contribution in [0.4, 0.5) is 8.78 Å². The van der Waals surface area contributed by atoms with E-state index in [1.165, 1.54) is 24.6 Å². The maximum atomic E-state index is 13.3. The Morgan fingerprint density at radius 2 is 1.60 bits per heavy atom. The molecule has 1 radical (unpaired) electrons. The van der Waals surface area contributed by atoms with Crippen molar-refractivity contribution >= 4 is 0 Å². The summed E-state index contributed by atoms with van der Waals surface area (Å²) in [6, 6.07) is 4.05. The van der Waals surface area contributed by atoms with E-state index in [9.17, 15) is 8.78 Å². The second-order valence-electron chi connectivity index (χ2n) is 4.04. The first-order valence-electron chi connectivity index (χ1n) is 5.42. The molecule has 15 heavy (non-hydrogen) atoms. The van der Waals surface area contributed by atoms with E-state index in [4.69, 9.17) is 0 Å². The van der Waals surface area contributed by atoms with Gasteiger partial charge in [-0.1, -0.05) is 6.07 Å². The summed E-state index contributed by atoms with van der Waals surface area (Å²) in [4.78, 5) is 2.12. The van der Waals surface area contributed by atoms with Gasteiger partial charge in [0.05, 0.1) is 5.56 Å². The van der Waals surface area contributed by atoms with Crippen LogP contribution in [0.15, 0.2) is 18.2 Å². The maximum absolute atomic E-state index is 13.3. The minimum Gasteiger partial charge on any atom is -0.206 e. The van der Waals surface area contributed by atoms with Crippen LogP contribution in [0.2, 0.25) is 0 Å². The highest BCUT2D eigenvalue weighted by atomic mass is 19.1. The van der Waals surface area contributed by atoms with Crippen LogP contribution in [0.5, 0.6) is 0 Å². The summed E-state index contributed by atoms with van der Waals surface area (Å²) in [7, 11) is 0. The Hall–Kier alpha value is -0.960. The fraction of sp³-hybridized carbons (Fsp3) is 0.500. The Balaban J connectivity index is 2.09. The van der Waals surface area contributed by atoms with Gasteiger partial charge in [-0.25, -0.2) is 8.78 Å². The Kier molecular flexibility index (Phi) is 3.31. The van der Waals surface area contributed by atoms with Gasteiger partial charge in [-0.15, -0.1) is 0 Å². The monoisotopic (exact) mass is 211 g/mol. The van der Waals surface area contributed by atoms with Gasteiger partial charge in [0.2, 0.25) is 0 Å². The summed E-state index contributed by atoms with van der Waals surface area (Å²) in [5.41, 5.74) is 0.208. The highest BCUT2D eigenvalue weighted by Crippen LogP contribution is 2.16. The number of rotatable bonds is 2. The molecular formula is C12H15F2N+. The Labute approximate surface area is 88.7 Å². The summed E-state index contributed by atoms with van der Waals surface area (Å²) < 4.78 is 26.7. The molecule has 0 saturated carbocycles. The molecule has 1 aromatic carbocycles. The molecule has 0 spiro atoms. The van der Waals surface area contributed by atoms with Crippen LogP contribution < -0.4 is 4.90 Å². The molecule has 1 saturated heterocycles. The lowest BCUT2D eigenvalue weighted by molar-refractivity contribution is 0.327. The highest BCUT2D eigenvalue weighted by molar-refractivity contribution is 5.19. The SMILES string of the molecule is Fc1cccc(F)c1C[N+]1CCCCC1. The second-order valence-corrected chi connectivity index (χ2v) is 4.04. The number of likely N-dealkylation sites (tertiary alicyclic amines) is 1. The maximum Gasteiger partial charge on any atom is 0.153 e. The molecule has 1 nitrogen and oxygen atoms in total. The molecule has 1 aliphatic heterocycles. The molecule has 1 aliphatic rings. The number of benzene rings is 1. The standard InChI is InChI=1S/C12H15F2N/c13-11-5-4-6-12(14)10(11)9-15-7-2-1-3-8-15/h4-6H,1-3,7-9H2/q+1. The van der Waals surface area contributed by atoms with Crippen LogP contribution in [0.1, 0.15) is 24.8 Å². The van der Waals surface area contributed by atoms with Gasteiger partial charge >= 0.3 is 0 Å². The molecule has 0 bridgehead atoms. The average molecular weight is 211 g/mol. The molecule has 0 aromatic heterocycles. The summed E-state index contributed by atoms with van der Waals surface area (Å²) >= 11 is 0. The van der Waals surface area contributed by atoms with Gasteiger partial charge in [-0.05, 0) is 18.6 Å². The van der Waals surface area contributed by atoms with Crippen molar-refractivity contribution in [2.75, 3.05) is 13.1 Å². The lowest BCUT2D eigenvalue weighted by atomic mass is 10.1. The van der Waals surface area contributed by atoms with Crippen molar-refractivity contribution < 1.29 is 8.78 Å². The van der Waals surface area contributed by atoms with Crippen LogP contribution in [-0.2, 0) is 6.54 Å². The molecular weight excluding hydrogens is 196 g/mol. The molecule has 0 amide bonds. The average Bonchev–Trinajstić information content (AvgIpc) is 2.25. The third-order valence-electron chi connectivity index (χ3n) is 2.89. The topological polar surface area (TPSA) is 5.90 Å². The fourth-order valence-electron chi connectivity index (χ4n) is 2.02. The van der Waals surface area contributed by atoms with Crippen LogP contribution in [-0.4, -0.2) is 13.1 Å². The minimum atomic E-state index is -0.430. The van der Waals surface area contributed by atoms with Crippen molar-refractivity contribution in [1.29, 1.82) is 0 Å². The van der Waals surface area contributed by atoms with E-state index in [2.05, 4.69) is 4.90 Å². The van der Waals surface area contributed by atoms with E-state index in [1.54, 1.807) is 0 Å². The Morgan fingerprint density at radius 1 is 1.00 bits per heavy atom. The van der Waals surface area contributed by atoms with E-state index in [1.807, 2.05) is 0 Å². The van der Waals surface area contributed by atoms with Crippen molar-refractivity contribution in [3.63, 3.8) is 0 Å². The largest absolute Gasteiger partial charge is 0.206 e. The Morgan fingerprint density at radius 3 is 2.20 bits per heavy atom. The predicted molar refractivity (Wildman–Crippen MR) is 55.8 cm³/mol. The molecule has 2 rings (SSSR count). The van der Waals surface area contributed by atoms with Crippen LogP contribution in [0, 0.1) is 11.6 Å². The van der Waals surface area contributed by atoms with Crippen molar-refractivity contribution in [3.05, 3.63) is 35.4 Å². The zero-order valence-corrected chi connectivity index (χ0v) is 8.68. The second kappa shape index (κ2) is 4.71. The van der Waals surface area contributed by atoms with Crippen LogP contribution >= 0.6 is 0 Å². The molecule has 0 N–H and O–H groups in total. The number of piperidine rings is 1. The first-order valence-corrected chi connectivity index (χ1v) is 5.42. The van der Waals surface area contributed by atoms with E-state index in [-0.39, 0.29) is 5.56 Å². The molecule has 81 valence electrons. The number of nitrogens with zero attached hydrogens (tertiary/aromatic N) is 1.